The topological polar surface area (TPSA) is 75.3 Å². The van der Waals surface area contributed by atoms with Crippen LogP contribution in [-0.2, 0) is 16.4 Å². The Kier molecular flexibility index (Phi) is 6.45. The smallest absolute Gasteiger partial charge is 0.251 e. The molecule has 2 N–H and O–H groups in total. The molecule has 134 valence electrons. The van der Waals surface area contributed by atoms with E-state index in [1.807, 2.05) is 25.1 Å². The lowest BCUT2D eigenvalue weighted by atomic mass is 10.1. The van der Waals surface area contributed by atoms with E-state index in [0.717, 1.165) is 19.1 Å². The molecule has 0 heterocycles. The third kappa shape index (κ3) is 6.40. The number of hydrogen-bond acceptors (Lipinski definition) is 3. The van der Waals surface area contributed by atoms with Gasteiger partial charge in [-0.2, -0.15) is 0 Å². The number of rotatable bonds is 7. The van der Waals surface area contributed by atoms with Gasteiger partial charge in [-0.25, -0.2) is 8.42 Å². The summed E-state index contributed by atoms with van der Waals surface area (Å²) in [5, 5.41) is 3.15. The highest BCUT2D eigenvalue weighted by Crippen LogP contribution is 2.24. The maximum atomic E-state index is 12.4. The number of anilines is 1. The Morgan fingerprint density at radius 2 is 1.84 bits per heavy atom. The normalized spacial score (nSPS) is 12.4. The second-order valence-corrected chi connectivity index (χ2v) is 8.12. The van der Waals surface area contributed by atoms with Crippen molar-refractivity contribution in [2.45, 2.75) is 25.8 Å². The van der Waals surface area contributed by atoms with Crippen molar-refractivity contribution in [3.05, 3.63) is 64.7 Å². The van der Waals surface area contributed by atoms with Crippen LogP contribution < -0.4 is 10.0 Å². The Morgan fingerprint density at radius 3 is 2.48 bits per heavy atom. The molecule has 0 aliphatic rings. The Morgan fingerprint density at radius 1 is 1.16 bits per heavy atom. The van der Waals surface area contributed by atoms with Gasteiger partial charge in [-0.15, -0.1) is 0 Å². The van der Waals surface area contributed by atoms with Crippen LogP contribution in [0.3, 0.4) is 0 Å². The van der Waals surface area contributed by atoms with Gasteiger partial charge in [0.2, 0.25) is 10.0 Å². The summed E-state index contributed by atoms with van der Waals surface area (Å²) in [6.45, 7) is 1.94. The van der Waals surface area contributed by atoms with Gasteiger partial charge in [0, 0.05) is 11.6 Å². The minimum absolute atomic E-state index is 0.0188. The van der Waals surface area contributed by atoms with E-state index in [1.165, 1.54) is 17.7 Å². The number of benzene rings is 2. The molecule has 5 nitrogen and oxygen atoms in total. The van der Waals surface area contributed by atoms with Crippen LogP contribution in [0.25, 0.3) is 0 Å². The predicted molar refractivity (Wildman–Crippen MR) is 102 cm³/mol. The van der Waals surface area contributed by atoms with Crippen molar-refractivity contribution < 1.29 is 13.2 Å². The highest BCUT2D eigenvalue weighted by atomic mass is 35.5. The lowest BCUT2D eigenvalue weighted by Crippen LogP contribution is -2.33. The van der Waals surface area contributed by atoms with Gasteiger partial charge in [-0.1, -0.05) is 41.9 Å². The average molecular weight is 381 g/mol. The van der Waals surface area contributed by atoms with Crippen LogP contribution in [0.15, 0.2) is 48.5 Å². The van der Waals surface area contributed by atoms with E-state index < -0.39 is 10.0 Å². The van der Waals surface area contributed by atoms with Crippen molar-refractivity contribution in [3.63, 3.8) is 0 Å². The van der Waals surface area contributed by atoms with Gasteiger partial charge >= 0.3 is 0 Å². The predicted octanol–water partition coefficient (Wildman–Crippen LogP) is 3.46. The van der Waals surface area contributed by atoms with Crippen molar-refractivity contribution >= 4 is 33.2 Å². The summed E-state index contributed by atoms with van der Waals surface area (Å²) >= 11 is 5.97. The monoisotopic (exact) mass is 380 g/mol. The molecule has 7 heteroatoms. The molecule has 2 aromatic carbocycles. The number of hydrogen-bond donors (Lipinski definition) is 2. The van der Waals surface area contributed by atoms with E-state index in [9.17, 15) is 13.2 Å². The van der Waals surface area contributed by atoms with E-state index >= 15 is 0 Å². The summed E-state index contributed by atoms with van der Waals surface area (Å²) < 4.78 is 25.0. The number of aryl methyl sites for hydroxylation is 1. The standard InChI is InChI=1S/C18H21ClN2O3S/c1-13(8-9-14-6-4-3-5-7-14)20-18(22)15-10-11-16(19)17(12-15)21-25(2,23)24/h3-7,10-13,21H,8-9H2,1-2H3,(H,20,22). The van der Waals surface area contributed by atoms with Gasteiger partial charge in [0.1, 0.15) is 0 Å². The van der Waals surface area contributed by atoms with Gasteiger partial charge in [0.05, 0.1) is 17.0 Å². The highest BCUT2D eigenvalue weighted by Gasteiger charge is 2.13. The zero-order chi connectivity index (χ0) is 18.4. The fourth-order valence-corrected chi connectivity index (χ4v) is 3.14. The zero-order valence-corrected chi connectivity index (χ0v) is 15.7. The second-order valence-electron chi connectivity index (χ2n) is 5.97. The number of carbonyl (C=O) groups excluding carboxylic acids is 1. The molecule has 0 aliphatic heterocycles. The first-order chi connectivity index (χ1) is 11.7. The fraction of sp³-hybridized carbons (Fsp3) is 0.278. The van der Waals surface area contributed by atoms with E-state index in [4.69, 9.17) is 11.6 Å². The first-order valence-electron chi connectivity index (χ1n) is 7.87. The van der Waals surface area contributed by atoms with E-state index in [1.54, 1.807) is 6.07 Å². The van der Waals surface area contributed by atoms with Crippen molar-refractivity contribution in [3.8, 4) is 0 Å². The summed E-state index contributed by atoms with van der Waals surface area (Å²) in [6, 6.07) is 14.5. The van der Waals surface area contributed by atoms with Gasteiger partial charge in [0.15, 0.2) is 0 Å². The van der Waals surface area contributed by atoms with Crippen molar-refractivity contribution in [2.75, 3.05) is 11.0 Å². The van der Waals surface area contributed by atoms with Crippen LogP contribution in [0.1, 0.15) is 29.3 Å². The molecular formula is C18H21ClN2O3S. The molecule has 1 atom stereocenters. The molecule has 0 bridgehead atoms. The third-order valence-corrected chi connectivity index (χ3v) is 4.53. The van der Waals surface area contributed by atoms with Crippen molar-refractivity contribution in [1.82, 2.24) is 5.32 Å². The summed E-state index contributed by atoms with van der Waals surface area (Å²) in [4.78, 5) is 12.4. The van der Waals surface area contributed by atoms with Gasteiger partial charge < -0.3 is 5.32 Å². The summed E-state index contributed by atoms with van der Waals surface area (Å²) in [5.74, 6) is -0.270. The first kappa shape index (κ1) is 19.3. The summed E-state index contributed by atoms with van der Waals surface area (Å²) in [6.07, 6.45) is 2.70. The third-order valence-electron chi connectivity index (χ3n) is 3.61. The van der Waals surface area contributed by atoms with Crippen molar-refractivity contribution in [1.29, 1.82) is 0 Å². The van der Waals surface area contributed by atoms with E-state index in [0.29, 0.717) is 5.56 Å². The maximum Gasteiger partial charge on any atom is 0.251 e. The SMILES string of the molecule is CC(CCc1ccccc1)NC(=O)c1ccc(Cl)c(NS(C)(=O)=O)c1. The molecule has 1 unspecified atom stereocenters. The lowest BCUT2D eigenvalue weighted by molar-refractivity contribution is 0.0938. The molecular weight excluding hydrogens is 360 g/mol. The number of carbonyl (C=O) groups is 1. The van der Waals surface area contributed by atoms with E-state index in [-0.39, 0.29) is 22.7 Å². The van der Waals surface area contributed by atoms with Crippen LogP contribution in [-0.4, -0.2) is 26.6 Å². The number of nitrogens with one attached hydrogen (secondary N) is 2. The Balaban J connectivity index is 1.99. The van der Waals surface area contributed by atoms with Crippen molar-refractivity contribution in [2.24, 2.45) is 0 Å². The number of sulfonamides is 1. The second kappa shape index (κ2) is 8.36. The molecule has 2 aromatic rings. The minimum Gasteiger partial charge on any atom is -0.350 e. The molecule has 0 radical (unpaired) electrons. The van der Waals surface area contributed by atoms with Gasteiger partial charge in [0.25, 0.3) is 5.91 Å². The molecule has 2 rings (SSSR count). The molecule has 0 saturated heterocycles. The maximum absolute atomic E-state index is 12.4. The van der Waals surface area contributed by atoms with Crippen LogP contribution in [0.4, 0.5) is 5.69 Å². The van der Waals surface area contributed by atoms with Gasteiger partial charge in [-0.05, 0) is 43.5 Å². The molecule has 0 aliphatic carbocycles. The largest absolute Gasteiger partial charge is 0.350 e. The number of amides is 1. The van der Waals surface area contributed by atoms with Crippen LogP contribution in [0.5, 0.6) is 0 Å². The van der Waals surface area contributed by atoms with E-state index in [2.05, 4.69) is 22.2 Å². The summed E-state index contributed by atoms with van der Waals surface area (Å²) in [5.41, 5.74) is 1.76. The quantitative estimate of drug-likeness (QED) is 0.772. The molecule has 0 aromatic heterocycles. The Labute approximate surface area is 153 Å². The number of halogens is 1. The molecule has 1 amide bonds. The fourth-order valence-electron chi connectivity index (χ4n) is 2.35. The minimum atomic E-state index is -3.47. The van der Waals surface area contributed by atoms with Gasteiger partial charge in [-0.3, -0.25) is 9.52 Å². The van der Waals surface area contributed by atoms with Crippen LogP contribution in [0, 0.1) is 0 Å². The highest BCUT2D eigenvalue weighted by molar-refractivity contribution is 7.92. The van der Waals surface area contributed by atoms with Crippen LogP contribution in [0.2, 0.25) is 5.02 Å². The first-order valence-corrected chi connectivity index (χ1v) is 10.1. The van der Waals surface area contributed by atoms with Crippen LogP contribution >= 0.6 is 11.6 Å². The Bertz CT molecular complexity index is 839. The molecule has 25 heavy (non-hydrogen) atoms. The molecule has 0 spiro atoms. The molecule has 0 saturated carbocycles. The summed E-state index contributed by atoms with van der Waals surface area (Å²) in [7, 11) is -3.47. The molecule has 0 fully saturated rings. The Hall–Kier alpha value is -2.05. The lowest BCUT2D eigenvalue weighted by Gasteiger charge is -2.15. The average Bonchev–Trinajstić information content (AvgIpc) is 2.54. The zero-order valence-electron chi connectivity index (χ0n) is 14.1.